The molecule has 0 aromatic carbocycles. The van der Waals surface area contributed by atoms with E-state index in [4.69, 9.17) is 5.11 Å². The highest BCUT2D eigenvalue weighted by Gasteiger charge is 2.40. The predicted octanol–water partition coefficient (Wildman–Crippen LogP) is 2.01. The Hall–Kier alpha value is -1.21. The first kappa shape index (κ1) is 22.8. The first-order valence-electron chi connectivity index (χ1n) is 9.65. The molecule has 0 radical (unpaired) electrons. The summed E-state index contributed by atoms with van der Waals surface area (Å²) in [5.74, 6) is -1.59. The molecule has 6 nitrogen and oxygen atoms in total. The molecule has 0 aromatic heterocycles. The van der Waals surface area contributed by atoms with Gasteiger partial charge in [0.2, 0.25) is 0 Å². The Morgan fingerprint density at radius 3 is 2.54 bits per heavy atom. The van der Waals surface area contributed by atoms with Crippen molar-refractivity contribution in [1.29, 1.82) is 0 Å². The van der Waals surface area contributed by atoms with Crippen LogP contribution in [0.2, 0.25) is 0 Å². The van der Waals surface area contributed by atoms with E-state index in [-0.39, 0.29) is 18.3 Å². The number of hydrogen-bond acceptors (Lipinski definition) is 5. The summed E-state index contributed by atoms with van der Waals surface area (Å²) >= 11 is 0. The highest BCUT2D eigenvalue weighted by molar-refractivity contribution is 5.79. The second kappa shape index (κ2) is 12.2. The molecule has 6 atom stereocenters. The number of allylic oxidation sites excluding steroid dienone is 1. The minimum absolute atomic E-state index is 0.261. The van der Waals surface area contributed by atoms with Crippen molar-refractivity contribution >= 4 is 5.97 Å². The quantitative estimate of drug-likeness (QED) is 0.204. The Balaban J connectivity index is 2.53. The Morgan fingerprint density at radius 1 is 1.15 bits per heavy atom. The number of hydrogen-bond donors (Lipinski definition) is 5. The van der Waals surface area contributed by atoms with E-state index in [1.807, 2.05) is 0 Å². The topological polar surface area (TPSA) is 118 Å². The van der Waals surface area contributed by atoms with Gasteiger partial charge in [0.25, 0.3) is 0 Å². The monoisotopic (exact) mass is 370 g/mol. The van der Waals surface area contributed by atoms with Crippen molar-refractivity contribution in [1.82, 2.24) is 0 Å². The van der Waals surface area contributed by atoms with Gasteiger partial charge in [-0.25, -0.2) is 4.79 Å². The summed E-state index contributed by atoms with van der Waals surface area (Å²) in [6.07, 6.45) is 8.62. The molecular formula is C20H34O6. The fourth-order valence-corrected chi connectivity index (χ4v) is 3.57. The lowest BCUT2D eigenvalue weighted by molar-refractivity contribution is -0.131. The van der Waals surface area contributed by atoms with Gasteiger partial charge >= 0.3 is 5.97 Å². The van der Waals surface area contributed by atoms with Crippen molar-refractivity contribution in [3.8, 4) is 0 Å². The minimum Gasteiger partial charge on any atom is -0.478 e. The third-order valence-electron chi connectivity index (χ3n) is 5.05. The first-order valence-corrected chi connectivity index (χ1v) is 9.65. The predicted molar refractivity (Wildman–Crippen MR) is 99.5 cm³/mol. The van der Waals surface area contributed by atoms with Crippen molar-refractivity contribution < 1.29 is 30.3 Å². The molecule has 0 amide bonds. The minimum atomic E-state index is -1.02. The Bertz CT molecular complexity index is 461. The van der Waals surface area contributed by atoms with Gasteiger partial charge in [-0.2, -0.15) is 0 Å². The second-order valence-electron chi connectivity index (χ2n) is 7.27. The van der Waals surface area contributed by atoms with E-state index in [1.165, 1.54) is 6.08 Å². The molecule has 4 unspecified atom stereocenters. The summed E-state index contributed by atoms with van der Waals surface area (Å²) < 4.78 is 0. The van der Waals surface area contributed by atoms with Crippen molar-refractivity contribution in [2.75, 3.05) is 0 Å². The van der Waals surface area contributed by atoms with Gasteiger partial charge < -0.3 is 25.5 Å². The van der Waals surface area contributed by atoms with Crippen LogP contribution >= 0.6 is 0 Å². The zero-order valence-electron chi connectivity index (χ0n) is 15.6. The van der Waals surface area contributed by atoms with E-state index in [1.54, 1.807) is 12.2 Å². The molecule has 0 bridgehead atoms. The number of carboxylic acids is 1. The van der Waals surface area contributed by atoms with E-state index in [0.717, 1.165) is 25.3 Å². The Kier molecular flexibility index (Phi) is 10.7. The molecule has 0 heterocycles. The SMILES string of the molecule is CCCCCC(O)C=C[C@H]1C(O)CC(O)[C@@H]1CC(O)CCC=CC(=O)O. The van der Waals surface area contributed by atoms with Gasteiger partial charge in [-0.3, -0.25) is 0 Å². The van der Waals surface area contributed by atoms with Crippen molar-refractivity contribution in [3.05, 3.63) is 24.3 Å². The molecule has 0 spiro atoms. The second-order valence-corrected chi connectivity index (χ2v) is 7.27. The maximum atomic E-state index is 10.4. The summed E-state index contributed by atoms with van der Waals surface area (Å²) in [5, 5.41) is 49.1. The van der Waals surface area contributed by atoms with Crippen LogP contribution in [0.3, 0.4) is 0 Å². The van der Waals surface area contributed by atoms with Crippen molar-refractivity contribution in [2.45, 2.75) is 82.7 Å². The van der Waals surface area contributed by atoms with E-state index < -0.39 is 30.4 Å². The molecule has 0 aromatic rings. The van der Waals surface area contributed by atoms with Crippen LogP contribution in [0.25, 0.3) is 0 Å². The summed E-state index contributed by atoms with van der Waals surface area (Å²) in [5.41, 5.74) is 0. The molecule has 1 fully saturated rings. The molecule has 1 saturated carbocycles. The molecule has 1 aliphatic carbocycles. The van der Waals surface area contributed by atoms with Crippen LogP contribution in [0.15, 0.2) is 24.3 Å². The van der Waals surface area contributed by atoms with E-state index in [0.29, 0.717) is 25.7 Å². The fourth-order valence-electron chi connectivity index (χ4n) is 3.57. The van der Waals surface area contributed by atoms with Crippen molar-refractivity contribution in [3.63, 3.8) is 0 Å². The lowest BCUT2D eigenvalue weighted by atomic mass is 9.87. The van der Waals surface area contributed by atoms with E-state index in [2.05, 4.69) is 6.92 Å². The smallest absolute Gasteiger partial charge is 0.327 e. The molecule has 1 rings (SSSR count). The van der Waals surface area contributed by atoms with Crippen LogP contribution in [-0.2, 0) is 4.79 Å². The van der Waals surface area contributed by atoms with Gasteiger partial charge in [0.15, 0.2) is 0 Å². The number of aliphatic hydroxyl groups is 4. The number of aliphatic carboxylic acids is 1. The summed E-state index contributed by atoms with van der Waals surface area (Å²) in [6.45, 7) is 2.10. The van der Waals surface area contributed by atoms with E-state index in [9.17, 15) is 25.2 Å². The maximum Gasteiger partial charge on any atom is 0.327 e. The van der Waals surface area contributed by atoms with Gasteiger partial charge in [0, 0.05) is 18.4 Å². The van der Waals surface area contributed by atoms with Crippen LogP contribution in [0.5, 0.6) is 0 Å². The highest BCUT2D eigenvalue weighted by atomic mass is 16.4. The molecule has 1 aliphatic rings. The van der Waals surface area contributed by atoms with Crippen LogP contribution in [0.4, 0.5) is 0 Å². The molecule has 0 aliphatic heterocycles. The number of aliphatic hydroxyl groups excluding tert-OH is 4. The summed E-state index contributed by atoms with van der Waals surface area (Å²) in [4.78, 5) is 10.4. The standard InChI is InChI=1S/C20H34O6/c1-2-3-4-7-14(21)10-11-16-17(19(24)13-18(16)23)12-15(22)8-5-6-9-20(25)26/h6,9-11,14-19,21-24H,2-5,7-8,12-13H2,1H3,(H,25,26)/t14?,15?,16-,17-,18?,19?/m1/s1. The number of carboxylic acid groups (broad SMARTS) is 1. The molecule has 150 valence electrons. The molecule has 26 heavy (non-hydrogen) atoms. The highest BCUT2D eigenvalue weighted by Crippen LogP contribution is 2.37. The third kappa shape index (κ3) is 8.45. The largest absolute Gasteiger partial charge is 0.478 e. The summed E-state index contributed by atoms with van der Waals surface area (Å²) in [6, 6.07) is 0. The van der Waals surface area contributed by atoms with Crippen LogP contribution in [-0.4, -0.2) is 55.9 Å². The van der Waals surface area contributed by atoms with E-state index >= 15 is 0 Å². The van der Waals surface area contributed by atoms with Crippen LogP contribution in [0, 0.1) is 11.8 Å². The zero-order valence-corrected chi connectivity index (χ0v) is 15.6. The van der Waals surface area contributed by atoms with Gasteiger partial charge in [0.05, 0.1) is 24.4 Å². The lowest BCUT2D eigenvalue weighted by Gasteiger charge is -2.23. The normalized spacial score (nSPS) is 28.8. The number of rotatable bonds is 12. The van der Waals surface area contributed by atoms with Crippen LogP contribution < -0.4 is 0 Å². The Labute approximate surface area is 155 Å². The van der Waals surface area contributed by atoms with Crippen molar-refractivity contribution in [2.24, 2.45) is 11.8 Å². The summed E-state index contributed by atoms with van der Waals surface area (Å²) in [7, 11) is 0. The number of unbranched alkanes of at least 4 members (excludes halogenated alkanes) is 2. The van der Waals surface area contributed by atoms with Crippen LogP contribution in [0.1, 0.15) is 58.3 Å². The third-order valence-corrected chi connectivity index (χ3v) is 5.05. The van der Waals surface area contributed by atoms with Gasteiger partial charge in [-0.05, 0) is 31.6 Å². The van der Waals surface area contributed by atoms with Gasteiger partial charge in [-0.15, -0.1) is 0 Å². The molecule has 6 heteroatoms. The number of carbonyl (C=O) groups is 1. The lowest BCUT2D eigenvalue weighted by Crippen LogP contribution is -2.25. The average molecular weight is 370 g/mol. The van der Waals surface area contributed by atoms with Gasteiger partial charge in [-0.1, -0.05) is 44.4 Å². The molecular weight excluding hydrogens is 336 g/mol. The Morgan fingerprint density at radius 2 is 1.88 bits per heavy atom. The first-order chi connectivity index (χ1) is 12.3. The molecule has 5 N–H and O–H groups in total. The molecule has 0 saturated heterocycles. The zero-order chi connectivity index (χ0) is 19.5. The van der Waals surface area contributed by atoms with Gasteiger partial charge in [0.1, 0.15) is 0 Å². The maximum absolute atomic E-state index is 10.4. The fraction of sp³-hybridized carbons (Fsp3) is 0.750. The average Bonchev–Trinajstić information content (AvgIpc) is 2.83.